The molecule has 2 aliphatic rings. The highest BCUT2D eigenvalue weighted by Gasteiger charge is 2.27. The van der Waals surface area contributed by atoms with Gasteiger partial charge in [0, 0.05) is 38.8 Å². The number of carbonyl (C=O) groups is 1. The van der Waals surface area contributed by atoms with E-state index in [0.717, 1.165) is 66.9 Å². The van der Waals surface area contributed by atoms with Crippen molar-refractivity contribution in [1.82, 2.24) is 15.0 Å². The van der Waals surface area contributed by atoms with Crippen molar-refractivity contribution in [3.8, 4) is 0 Å². The van der Waals surface area contributed by atoms with E-state index in [9.17, 15) is 4.79 Å². The first-order valence-corrected chi connectivity index (χ1v) is 16.8. The topological polar surface area (TPSA) is 61.5 Å². The lowest BCUT2D eigenvalue weighted by Crippen LogP contribution is -2.11. The van der Waals surface area contributed by atoms with Crippen molar-refractivity contribution < 1.29 is 4.79 Å². The SMILES string of the molecule is Cc1c(C(C)(C)C)c2cc3nc(cc4[nH]c(cc5cc(cc1[nH]2)C=CC5=O)c(C)c4C(C)(C)C)C(c1ccccc1)=C3c1ccccc1. The van der Waals surface area contributed by atoms with Crippen LogP contribution in [0.25, 0.3) is 39.3 Å². The zero-order valence-corrected chi connectivity index (χ0v) is 29.2. The Morgan fingerprint density at radius 2 is 0.979 bits per heavy atom. The zero-order chi connectivity index (χ0) is 34.0. The molecular weight excluding hydrogens is 587 g/mol. The lowest BCUT2D eigenvalue weighted by molar-refractivity contribution is 0.104. The number of carbonyl (C=O) groups excluding carboxylic acids is 1. The minimum absolute atomic E-state index is 0.000995. The number of H-pyrrole nitrogens is 2. The second kappa shape index (κ2) is 11.5. The summed E-state index contributed by atoms with van der Waals surface area (Å²) in [4.78, 5) is 26.2. The van der Waals surface area contributed by atoms with Gasteiger partial charge < -0.3 is 9.97 Å². The van der Waals surface area contributed by atoms with Crippen LogP contribution in [-0.4, -0.2) is 20.7 Å². The third-order valence-corrected chi connectivity index (χ3v) is 9.47. The second-order valence-corrected chi connectivity index (χ2v) is 15.1. The van der Waals surface area contributed by atoms with Crippen molar-refractivity contribution in [1.29, 1.82) is 0 Å². The van der Waals surface area contributed by atoms with Crippen LogP contribution < -0.4 is 0 Å². The highest BCUT2D eigenvalue weighted by atomic mass is 16.1. The molecule has 0 saturated carbocycles. The van der Waals surface area contributed by atoms with Gasteiger partial charge in [-0.2, -0.15) is 0 Å². The molecule has 0 fully saturated rings. The van der Waals surface area contributed by atoms with Gasteiger partial charge in [0.15, 0.2) is 5.78 Å². The van der Waals surface area contributed by atoms with Gasteiger partial charge in [-0.15, -0.1) is 0 Å². The first-order valence-electron chi connectivity index (χ1n) is 16.8. The summed E-state index contributed by atoms with van der Waals surface area (Å²) < 4.78 is 0. The molecule has 0 atom stereocenters. The number of allylic oxidation sites excluding steroid dienone is 1. The third-order valence-electron chi connectivity index (χ3n) is 9.47. The van der Waals surface area contributed by atoms with Gasteiger partial charge in [0.25, 0.3) is 0 Å². The Bertz CT molecular complexity index is 2280. The van der Waals surface area contributed by atoms with Crippen LogP contribution >= 0.6 is 0 Å². The Labute approximate surface area is 283 Å². The number of fused-ring (bicyclic) bond motifs is 8. The van der Waals surface area contributed by atoms with E-state index in [2.05, 4.69) is 144 Å². The Hall–Kier alpha value is -5.22. The molecule has 4 nitrogen and oxygen atoms in total. The maximum atomic E-state index is 13.2. The summed E-state index contributed by atoms with van der Waals surface area (Å²) in [7, 11) is 0. The van der Waals surface area contributed by atoms with E-state index in [0.29, 0.717) is 5.56 Å². The summed E-state index contributed by atoms with van der Waals surface area (Å²) in [5, 5.41) is 0. The fraction of sp³-hybridized carbons (Fsp3) is 0.227. The highest BCUT2D eigenvalue weighted by molar-refractivity contribution is 6.10. The molecule has 3 aromatic heterocycles. The van der Waals surface area contributed by atoms with Crippen LogP contribution in [0.4, 0.5) is 0 Å². The molecule has 2 aromatic carbocycles. The molecule has 0 amide bonds. The normalized spacial score (nSPS) is 13.7. The fourth-order valence-electron chi connectivity index (χ4n) is 7.58. The molecule has 1 aliphatic carbocycles. The minimum Gasteiger partial charge on any atom is -0.355 e. The molecule has 240 valence electrons. The Morgan fingerprint density at radius 1 is 0.521 bits per heavy atom. The first kappa shape index (κ1) is 31.4. The van der Waals surface area contributed by atoms with Crippen molar-refractivity contribution in [2.75, 3.05) is 0 Å². The minimum atomic E-state index is -0.159. The summed E-state index contributed by atoms with van der Waals surface area (Å²) >= 11 is 0. The van der Waals surface area contributed by atoms with E-state index in [-0.39, 0.29) is 16.6 Å². The van der Waals surface area contributed by atoms with E-state index in [1.54, 1.807) is 6.08 Å². The van der Waals surface area contributed by atoms with Crippen LogP contribution in [0.2, 0.25) is 0 Å². The summed E-state index contributed by atoms with van der Waals surface area (Å²) in [5.41, 5.74) is 16.4. The Morgan fingerprint density at radius 3 is 1.44 bits per heavy atom. The zero-order valence-electron chi connectivity index (χ0n) is 29.2. The number of hydrogen-bond donors (Lipinski definition) is 2. The molecule has 4 heteroatoms. The van der Waals surface area contributed by atoms with Gasteiger partial charge in [-0.3, -0.25) is 4.79 Å². The van der Waals surface area contributed by atoms with Gasteiger partial charge in [-0.25, -0.2) is 4.98 Å². The average Bonchev–Trinajstić information content (AvgIpc) is 3.65. The van der Waals surface area contributed by atoms with Crippen LogP contribution in [0.15, 0.2) is 97.1 Å². The summed E-state index contributed by atoms with van der Waals surface area (Å²) in [6.07, 6.45) is 3.59. The summed E-state index contributed by atoms with van der Waals surface area (Å²) in [5.74, 6) is -0.000995. The Kier molecular flexibility index (Phi) is 7.51. The summed E-state index contributed by atoms with van der Waals surface area (Å²) in [6.45, 7) is 17.8. The van der Waals surface area contributed by atoms with Crippen LogP contribution in [0.5, 0.6) is 0 Å². The number of ketones is 1. The van der Waals surface area contributed by atoms with Crippen LogP contribution in [0.1, 0.15) is 102 Å². The predicted octanol–water partition coefficient (Wildman–Crippen LogP) is 11.0. The van der Waals surface area contributed by atoms with Crippen molar-refractivity contribution in [2.45, 2.75) is 66.2 Å². The first-order chi connectivity index (χ1) is 22.8. The molecule has 0 saturated heterocycles. The van der Waals surface area contributed by atoms with Gasteiger partial charge in [-0.1, -0.05) is 108 Å². The molecule has 8 bridgehead atoms. The van der Waals surface area contributed by atoms with Crippen molar-refractivity contribution >= 4 is 45.1 Å². The predicted molar refractivity (Wildman–Crippen MR) is 201 cm³/mol. The van der Waals surface area contributed by atoms with Crippen LogP contribution in [0, 0.1) is 13.8 Å². The number of nitrogens with one attached hydrogen (secondary N) is 2. The van der Waals surface area contributed by atoms with Gasteiger partial charge in [0.2, 0.25) is 0 Å². The fourth-order valence-corrected chi connectivity index (χ4v) is 7.58. The quantitative estimate of drug-likeness (QED) is 0.200. The molecular formula is C44H43N3O. The van der Waals surface area contributed by atoms with E-state index in [1.807, 2.05) is 18.2 Å². The van der Waals surface area contributed by atoms with Crippen LogP contribution in [-0.2, 0) is 10.8 Å². The molecule has 1 aliphatic heterocycles. The number of benzene rings is 2. The molecule has 48 heavy (non-hydrogen) atoms. The van der Waals surface area contributed by atoms with Crippen molar-refractivity contribution in [3.63, 3.8) is 0 Å². The molecule has 0 spiro atoms. The molecule has 0 radical (unpaired) electrons. The number of aromatic nitrogens is 3. The molecule has 7 rings (SSSR count). The van der Waals surface area contributed by atoms with Gasteiger partial charge in [0.1, 0.15) is 0 Å². The second-order valence-electron chi connectivity index (χ2n) is 15.1. The lowest BCUT2D eigenvalue weighted by atomic mass is 9.84. The third kappa shape index (κ3) is 5.56. The van der Waals surface area contributed by atoms with Gasteiger partial charge in [-0.05, 0) is 100 Å². The van der Waals surface area contributed by atoms with E-state index < -0.39 is 0 Å². The van der Waals surface area contributed by atoms with Gasteiger partial charge in [0.05, 0.1) is 11.4 Å². The number of rotatable bonds is 2. The largest absolute Gasteiger partial charge is 0.355 e. The van der Waals surface area contributed by atoms with E-state index in [1.165, 1.54) is 16.7 Å². The number of aryl methyl sites for hydroxylation is 2. The van der Waals surface area contributed by atoms with E-state index >= 15 is 0 Å². The number of nitrogens with zero attached hydrogens (tertiary/aromatic N) is 1. The van der Waals surface area contributed by atoms with E-state index in [4.69, 9.17) is 4.98 Å². The smallest absolute Gasteiger partial charge is 0.185 e. The highest BCUT2D eigenvalue weighted by Crippen LogP contribution is 2.42. The summed E-state index contributed by atoms with van der Waals surface area (Å²) in [6, 6.07) is 31.8. The average molecular weight is 630 g/mol. The maximum absolute atomic E-state index is 13.2. The van der Waals surface area contributed by atoms with Crippen molar-refractivity contribution in [2.24, 2.45) is 0 Å². The molecule has 2 N–H and O–H groups in total. The van der Waals surface area contributed by atoms with Crippen molar-refractivity contribution in [3.05, 3.63) is 153 Å². The number of hydrogen-bond acceptors (Lipinski definition) is 2. The lowest BCUT2D eigenvalue weighted by Gasteiger charge is -2.19. The monoisotopic (exact) mass is 629 g/mol. The maximum Gasteiger partial charge on any atom is 0.185 e. The molecule has 0 unspecified atom stereocenters. The van der Waals surface area contributed by atoms with Crippen LogP contribution in [0.3, 0.4) is 0 Å². The number of aromatic amines is 2. The standard InChI is InChI=1S/C44H43N3O/c1-26-32-22-28-19-20-38(48)31(21-28)23-33-27(2)42(44(6,7)8)37(46-33)25-35-40(30-17-13-10-14-18-30)39(29-15-11-9-12-16-29)34(47-35)24-36(45-32)41(26)43(3,4)5/h9-25,45-46H,1-8H3. The molecule has 5 aromatic rings. The van der Waals surface area contributed by atoms with Gasteiger partial charge >= 0.3 is 0 Å². The molecule has 4 heterocycles. The Balaban J connectivity index is 1.74.